The molecule has 0 spiro atoms. The van der Waals surface area contributed by atoms with E-state index in [0.29, 0.717) is 29.4 Å². The number of benzene rings is 2. The van der Waals surface area contributed by atoms with Crippen LogP contribution < -0.4 is 10.1 Å². The van der Waals surface area contributed by atoms with E-state index < -0.39 is 0 Å². The molecular weight excluding hydrogens is 502 g/mol. The monoisotopic (exact) mass is 533 g/mol. The molecule has 0 unspecified atom stereocenters. The number of hydrogen-bond donors (Lipinski definition) is 1. The van der Waals surface area contributed by atoms with Gasteiger partial charge in [-0.15, -0.1) is 28.1 Å². The van der Waals surface area contributed by atoms with Crippen molar-refractivity contribution < 1.29 is 9.53 Å². The molecule has 0 aliphatic heterocycles. The number of carbonyl (C=O) groups is 1. The van der Waals surface area contributed by atoms with Crippen molar-refractivity contribution in [2.24, 2.45) is 5.92 Å². The Hall–Kier alpha value is -3.43. The van der Waals surface area contributed by atoms with Crippen molar-refractivity contribution in [3.8, 4) is 28.4 Å². The normalized spacial score (nSPS) is 11.1. The Morgan fingerprint density at radius 1 is 1.14 bits per heavy atom. The van der Waals surface area contributed by atoms with Crippen molar-refractivity contribution in [3.63, 3.8) is 0 Å². The number of nitrogens with zero attached hydrogens (tertiary/aromatic N) is 4. The molecule has 0 saturated heterocycles. The fourth-order valence-electron chi connectivity index (χ4n) is 3.52. The lowest BCUT2D eigenvalue weighted by Crippen LogP contribution is -2.14. The number of ether oxygens (including phenoxy) is 1. The number of thioether (sulfide) groups is 1. The van der Waals surface area contributed by atoms with Crippen LogP contribution in [0.1, 0.15) is 25.0 Å². The molecule has 0 radical (unpaired) electrons. The number of aromatic nitrogens is 4. The van der Waals surface area contributed by atoms with Crippen LogP contribution in [-0.4, -0.2) is 38.0 Å². The largest absolute Gasteiger partial charge is 0.493 e. The lowest BCUT2D eigenvalue weighted by atomic mass is 10.1. The van der Waals surface area contributed by atoms with Crippen molar-refractivity contribution >= 4 is 34.1 Å². The zero-order valence-corrected chi connectivity index (χ0v) is 23.2. The second-order valence-corrected chi connectivity index (χ2v) is 10.9. The number of rotatable bonds is 11. The summed E-state index contributed by atoms with van der Waals surface area (Å²) < 4.78 is 7.73. The second-order valence-electron chi connectivity index (χ2n) is 9.11. The van der Waals surface area contributed by atoms with E-state index in [1.807, 2.05) is 34.2 Å². The Balaban J connectivity index is 1.39. The molecule has 0 fully saturated rings. The van der Waals surface area contributed by atoms with Crippen LogP contribution in [0.15, 0.2) is 65.7 Å². The molecule has 9 heteroatoms. The molecule has 1 N–H and O–H groups in total. The molecule has 4 aromatic rings. The minimum absolute atomic E-state index is 0.146. The first-order valence-corrected chi connectivity index (χ1v) is 13.9. The number of carbonyl (C=O) groups excluding carboxylic acids is 1. The van der Waals surface area contributed by atoms with Crippen molar-refractivity contribution in [3.05, 3.63) is 71.6 Å². The van der Waals surface area contributed by atoms with Gasteiger partial charge in [0, 0.05) is 23.1 Å². The Morgan fingerprint density at radius 2 is 1.89 bits per heavy atom. The fraction of sp³-hybridized carbons (Fsp3) is 0.286. The molecular formula is C28H31N5O2S2. The van der Waals surface area contributed by atoms with Crippen molar-refractivity contribution in [2.75, 3.05) is 17.7 Å². The average Bonchev–Trinajstić information content (AvgIpc) is 3.51. The number of allylic oxidation sites excluding steroid dienone is 1. The van der Waals surface area contributed by atoms with Gasteiger partial charge in [0.2, 0.25) is 5.91 Å². The lowest BCUT2D eigenvalue weighted by molar-refractivity contribution is -0.113. The van der Waals surface area contributed by atoms with E-state index in [-0.39, 0.29) is 11.7 Å². The molecule has 0 aliphatic carbocycles. The van der Waals surface area contributed by atoms with Crippen LogP contribution >= 0.6 is 23.1 Å². The van der Waals surface area contributed by atoms with Crippen molar-refractivity contribution in [1.82, 2.24) is 19.7 Å². The summed E-state index contributed by atoms with van der Waals surface area (Å²) in [7, 11) is 0. The SMILES string of the molecule is C=CCn1c(SCC(=O)Nc2nc(-c3ccc(C)c(C)c3)cs2)nnc1-c1ccc(OCC(C)C)cc1. The molecule has 2 aromatic carbocycles. The Kier molecular flexibility index (Phi) is 8.78. The summed E-state index contributed by atoms with van der Waals surface area (Å²) in [4.78, 5) is 17.3. The highest BCUT2D eigenvalue weighted by Crippen LogP contribution is 2.28. The fourth-order valence-corrected chi connectivity index (χ4v) is 5.00. The summed E-state index contributed by atoms with van der Waals surface area (Å²) in [5.74, 6) is 2.04. The van der Waals surface area contributed by atoms with Crippen molar-refractivity contribution in [1.29, 1.82) is 0 Å². The van der Waals surface area contributed by atoms with Gasteiger partial charge in [-0.25, -0.2) is 4.98 Å². The summed E-state index contributed by atoms with van der Waals surface area (Å²) in [5, 5.41) is 14.8. The van der Waals surface area contributed by atoms with Crippen LogP contribution in [0.3, 0.4) is 0 Å². The smallest absolute Gasteiger partial charge is 0.236 e. The molecule has 0 aliphatic rings. The molecule has 1 amide bonds. The van der Waals surface area contributed by atoms with Gasteiger partial charge in [0.05, 0.1) is 18.1 Å². The zero-order valence-electron chi connectivity index (χ0n) is 21.5. The number of thiazole rings is 1. The molecule has 0 bridgehead atoms. The van der Waals surface area contributed by atoms with Gasteiger partial charge in [-0.05, 0) is 61.2 Å². The van der Waals surface area contributed by atoms with Crippen LogP contribution in [0.4, 0.5) is 5.13 Å². The number of hydrogen-bond acceptors (Lipinski definition) is 7. The van der Waals surface area contributed by atoms with Crippen LogP contribution in [0.25, 0.3) is 22.6 Å². The summed E-state index contributed by atoms with van der Waals surface area (Å²) in [6.45, 7) is 13.5. The van der Waals surface area contributed by atoms with E-state index in [0.717, 1.165) is 28.4 Å². The highest BCUT2D eigenvalue weighted by molar-refractivity contribution is 7.99. The summed E-state index contributed by atoms with van der Waals surface area (Å²) in [5.41, 5.74) is 5.27. The van der Waals surface area contributed by atoms with Gasteiger partial charge in [-0.2, -0.15) is 0 Å². The molecule has 37 heavy (non-hydrogen) atoms. The summed E-state index contributed by atoms with van der Waals surface area (Å²) >= 11 is 2.75. The van der Waals surface area contributed by atoms with E-state index >= 15 is 0 Å². The van der Waals surface area contributed by atoms with E-state index in [4.69, 9.17) is 4.74 Å². The van der Waals surface area contributed by atoms with Crippen LogP contribution in [0.5, 0.6) is 5.75 Å². The van der Waals surface area contributed by atoms with Gasteiger partial charge in [0.1, 0.15) is 5.75 Å². The van der Waals surface area contributed by atoms with Crippen molar-refractivity contribution in [2.45, 2.75) is 39.4 Å². The average molecular weight is 534 g/mol. The van der Waals surface area contributed by atoms with Gasteiger partial charge in [0.15, 0.2) is 16.1 Å². The number of amides is 1. The lowest BCUT2D eigenvalue weighted by Gasteiger charge is -2.10. The van der Waals surface area contributed by atoms with Crippen LogP contribution in [0, 0.1) is 19.8 Å². The first-order valence-electron chi connectivity index (χ1n) is 12.1. The predicted octanol–water partition coefficient (Wildman–Crippen LogP) is 6.64. The maximum Gasteiger partial charge on any atom is 0.236 e. The second kappa shape index (κ2) is 12.2. The minimum atomic E-state index is -0.146. The minimum Gasteiger partial charge on any atom is -0.493 e. The number of nitrogens with one attached hydrogen (secondary N) is 1. The van der Waals surface area contributed by atoms with Gasteiger partial charge in [-0.3, -0.25) is 9.36 Å². The Labute approximate surface area is 226 Å². The van der Waals surface area contributed by atoms with Crippen LogP contribution in [0.2, 0.25) is 0 Å². The molecule has 0 saturated carbocycles. The van der Waals surface area contributed by atoms with E-state index in [1.54, 1.807) is 6.08 Å². The van der Waals surface area contributed by atoms with E-state index in [2.05, 4.69) is 73.0 Å². The van der Waals surface area contributed by atoms with Gasteiger partial charge >= 0.3 is 0 Å². The van der Waals surface area contributed by atoms with Gasteiger partial charge in [0.25, 0.3) is 0 Å². The molecule has 2 heterocycles. The molecule has 7 nitrogen and oxygen atoms in total. The summed E-state index contributed by atoms with van der Waals surface area (Å²) in [6.07, 6.45) is 1.79. The molecule has 4 rings (SSSR count). The third-order valence-electron chi connectivity index (χ3n) is 5.61. The topological polar surface area (TPSA) is 81.9 Å². The standard InChI is InChI=1S/C28H31N5O2S2/c1-6-13-33-26(21-9-11-23(12-10-21)35-15-18(2)3)31-32-28(33)37-17-25(34)30-27-29-24(16-36-27)22-8-7-19(4)20(5)14-22/h6-12,14,16,18H,1,13,15,17H2,2-5H3,(H,29,30,34). The highest BCUT2D eigenvalue weighted by Gasteiger charge is 2.16. The van der Waals surface area contributed by atoms with Crippen LogP contribution in [-0.2, 0) is 11.3 Å². The maximum atomic E-state index is 12.7. The molecule has 192 valence electrons. The molecule has 2 aromatic heterocycles. The first kappa shape index (κ1) is 26.6. The predicted molar refractivity (Wildman–Crippen MR) is 152 cm³/mol. The van der Waals surface area contributed by atoms with E-state index in [1.165, 1.54) is 34.2 Å². The highest BCUT2D eigenvalue weighted by atomic mass is 32.2. The summed E-state index contributed by atoms with van der Waals surface area (Å²) in [6, 6.07) is 14.1. The quantitative estimate of drug-likeness (QED) is 0.172. The number of aryl methyl sites for hydroxylation is 2. The van der Waals surface area contributed by atoms with Gasteiger partial charge < -0.3 is 10.1 Å². The Morgan fingerprint density at radius 3 is 2.59 bits per heavy atom. The third-order valence-corrected chi connectivity index (χ3v) is 7.33. The molecule has 0 atom stereocenters. The first-order chi connectivity index (χ1) is 17.8. The van der Waals surface area contributed by atoms with Gasteiger partial charge in [-0.1, -0.05) is 43.8 Å². The van der Waals surface area contributed by atoms with E-state index in [9.17, 15) is 4.79 Å². The zero-order chi connectivity index (χ0) is 26.4. The number of anilines is 1. The Bertz CT molecular complexity index is 1380. The maximum absolute atomic E-state index is 12.7. The third kappa shape index (κ3) is 6.87.